The van der Waals surface area contributed by atoms with Crippen molar-refractivity contribution >= 4 is 0 Å². The van der Waals surface area contributed by atoms with Crippen molar-refractivity contribution in [1.29, 1.82) is 0 Å². The van der Waals surface area contributed by atoms with E-state index in [-0.39, 0.29) is 12.6 Å². The molecule has 2 rings (SSSR count). The highest BCUT2D eigenvalue weighted by molar-refractivity contribution is 5.28. The van der Waals surface area contributed by atoms with Crippen LogP contribution in [0.3, 0.4) is 0 Å². The van der Waals surface area contributed by atoms with Gasteiger partial charge in [0.05, 0.1) is 12.6 Å². The molecule has 0 radical (unpaired) electrons. The van der Waals surface area contributed by atoms with Gasteiger partial charge in [-0.3, -0.25) is 0 Å². The second-order valence-electron chi connectivity index (χ2n) is 5.45. The molecule has 2 N–H and O–H groups in total. The molecule has 2 nitrogen and oxygen atoms in total. The quantitative estimate of drug-likeness (QED) is 0.800. The van der Waals surface area contributed by atoms with E-state index in [1.54, 1.807) is 0 Å². The Balaban J connectivity index is 2.02. The Morgan fingerprint density at radius 2 is 1.83 bits per heavy atom. The SMILES string of the molecule is Cc1ccccc1C(CO)NC1CCCCCC1. The van der Waals surface area contributed by atoms with E-state index in [2.05, 4.69) is 36.5 Å². The van der Waals surface area contributed by atoms with Gasteiger partial charge in [0.15, 0.2) is 0 Å². The lowest BCUT2D eigenvalue weighted by Crippen LogP contribution is -2.34. The van der Waals surface area contributed by atoms with Gasteiger partial charge in [-0.15, -0.1) is 0 Å². The van der Waals surface area contributed by atoms with E-state index >= 15 is 0 Å². The van der Waals surface area contributed by atoms with Crippen LogP contribution in [0.4, 0.5) is 0 Å². The zero-order chi connectivity index (χ0) is 12.8. The Morgan fingerprint density at radius 3 is 2.44 bits per heavy atom. The minimum absolute atomic E-state index is 0.0919. The molecule has 0 spiro atoms. The molecule has 0 bridgehead atoms. The van der Waals surface area contributed by atoms with Gasteiger partial charge in [-0.05, 0) is 30.9 Å². The maximum Gasteiger partial charge on any atom is 0.0626 e. The second-order valence-corrected chi connectivity index (χ2v) is 5.45. The number of aryl methyl sites for hydroxylation is 1. The molecule has 1 aliphatic carbocycles. The summed E-state index contributed by atoms with van der Waals surface area (Å²) in [7, 11) is 0. The third-order valence-electron chi connectivity index (χ3n) is 4.04. The molecule has 1 fully saturated rings. The van der Waals surface area contributed by atoms with Crippen LogP contribution in [-0.2, 0) is 0 Å². The highest BCUT2D eigenvalue weighted by Gasteiger charge is 2.18. The Kier molecular flexibility index (Phi) is 5.21. The molecule has 1 saturated carbocycles. The number of aliphatic hydroxyl groups excluding tert-OH is 1. The third kappa shape index (κ3) is 3.56. The molecule has 1 aromatic carbocycles. The van der Waals surface area contributed by atoms with Gasteiger partial charge < -0.3 is 10.4 Å². The van der Waals surface area contributed by atoms with Crippen molar-refractivity contribution in [2.75, 3.05) is 6.61 Å². The molecule has 0 aliphatic heterocycles. The highest BCUT2D eigenvalue weighted by atomic mass is 16.3. The molecule has 1 aliphatic rings. The Hall–Kier alpha value is -0.860. The van der Waals surface area contributed by atoms with Crippen LogP contribution in [-0.4, -0.2) is 17.8 Å². The van der Waals surface area contributed by atoms with Crippen molar-refractivity contribution in [2.24, 2.45) is 0 Å². The number of rotatable bonds is 4. The van der Waals surface area contributed by atoms with E-state index in [1.165, 1.54) is 49.7 Å². The molecule has 2 heteroatoms. The van der Waals surface area contributed by atoms with E-state index in [1.807, 2.05) is 0 Å². The molecule has 100 valence electrons. The van der Waals surface area contributed by atoms with Crippen molar-refractivity contribution < 1.29 is 5.11 Å². The molecule has 0 saturated heterocycles. The Labute approximate surface area is 110 Å². The smallest absolute Gasteiger partial charge is 0.0626 e. The predicted molar refractivity (Wildman–Crippen MR) is 75.6 cm³/mol. The summed E-state index contributed by atoms with van der Waals surface area (Å²) in [5, 5.41) is 13.3. The van der Waals surface area contributed by atoms with Crippen LogP contribution in [0.1, 0.15) is 55.7 Å². The molecule has 0 aromatic heterocycles. The number of hydrogen-bond acceptors (Lipinski definition) is 2. The number of hydrogen-bond donors (Lipinski definition) is 2. The van der Waals surface area contributed by atoms with Crippen LogP contribution in [0, 0.1) is 6.92 Å². The standard InChI is InChI=1S/C16H25NO/c1-13-8-6-7-11-15(13)16(12-18)17-14-9-4-2-3-5-10-14/h6-8,11,14,16-18H,2-5,9-10,12H2,1H3. The first-order chi connectivity index (χ1) is 8.81. The maximum absolute atomic E-state index is 9.64. The summed E-state index contributed by atoms with van der Waals surface area (Å²) >= 11 is 0. The van der Waals surface area contributed by atoms with Gasteiger partial charge in [0.2, 0.25) is 0 Å². The fourth-order valence-corrected chi connectivity index (χ4v) is 2.95. The summed E-state index contributed by atoms with van der Waals surface area (Å²) in [4.78, 5) is 0. The minimum Gasteiger partial charge on any atom is -0.394 e. The largest absolute Gasteiger partial charge is 0.394 e. The van der Waals surface area contributed by atoms with Gasteiger partial charge in [0, 0.05) is 6.04 Å². The van der Waals surface area contributed by atoms with Crippen molar-refractivity contribution in [3.8, 4) is 0 Å². The van der Waals surface area contributed by atoms with Crippen molar-refractivity contribution in [1.82, 2.24) is 5.32 Å². The maximum atomic E-state index is 9.64. The molecule has 1 unspecified atom stereocenters. The van der Waals surface area contributed by atoms with Gasteiger partial charge in [-0.2, -0.15) is 0 Å². The molecule has 0 heterocycles. The zero-order valence-electron chi connectivity index (χ0n) is 11.4. The zero-order valence-corrected chi connectivity index (χ0v) is 11.4. The van der Waals surface area contributed by atoms with Crippen molar-refractivity contribution in [2.45, 2.75) is 57.5 Å². The molecular weight excluding hydrogens is 222 g/mol. The lowest BCUT2D eigenvalue weighted by Gasteiger charge is -2.25. The molecular formula is C16H25NO. The normalized spacial score (nSPS) is 19.4. The average Bonchev–Trinajstić information content (AvgIpc) is 2.65. The van der Waals surface area contributed by atoms with Crippen LogP contribution >= 0.6 is 0 Å². The Morgan fingerprint density at radius 1 is 1.17 bits per heavy atom. The molecule has 1 atom stereocenters. The number of nitrogens with one attached hydrogen (secondary N) is 1. The van der Waals surface area contributed by atoms with Crippen molar-refractivity contribution in [3.05, 3.63) is 35.4 Å². The third-order valence-corrected chi connectivity index (χ3v) is 4.04. The van der Waals surface area contributed by atoms with Crippen LogP contribution in [0.5, 0.6) is 0 Å². The lowest BCUT2D eigenvalue weighted by molar-refractivity contribution is 0.228. The van der Waals surface area contributed by atoms with E-state index in [9.17, 15) is 5.11 Å². The summed E-state index contributed by atoms with van der Waals surface area (Å²) in [6, 6.07) is 9.02. The van der Waals surface area contributed by atoms with Crippen LogP contribution < -0.4 is 5.32 Å². The van der Waals surface area contributed by atoms with Gasteiger partial charge in [-0.25, -0.2) is 0 Å². The van der Waals surface area contributed by atoms with E-state index in [4.69, 9.17) is 0 Å². The molecule has 0 amide bonds. The fourth-order valence-electron chi connectivity index (χ4n) is 2.95. The first kappa shape index (κ1) is 13.6. The summed E-state index contributed by atoms with van der Waals surface area (Å²) in [6.07, 6.45) is 7.89. The van der Waals surface area contributed by atoms with Crippen molar-refractivity contribution in [3.63, 3.8) is 0 Å². The predicted octanol–water partition coefficient (Wildman–Crippen LogP) is 3.34. The van der Waals surface area contributed by atoms with E-state index in [0.717, 1.165) is 0 Å². The second kappa shape index (κ2) is 6.91. The molecule has 18 heavy (non-hydrogen) atoms. The highest BCUT2D eigenvalue weighted by Crippen LogP contribution is 2.22. The first-order valence-corrected chi connectivity index (χ1v) is 7.23. The topological polar surface area (TPSA) is 32.3 Å². The Bertz CT molecular complexity index is 356. The lowest BCUT2D eigenvalue weighted by atomic mass is 9.99. The number of aliphatic hydroxyl groups is 1. The summed E-state index contributed by atoms with van der Waals surface area (Å²) in [5.74, 6) is 0. The van der Waals surface area contributed by atoms with Gasteiger partial charge in [0.25, 0.3) is 0 Å². The average molecular weight is 247 g/mol. The summed E-state index contributed by atoms with van der Waals surface area (Å²) in [5.41, 5.74) is 2.50. The van der Waals surface area contributed by atoms with E-state index in [0.29, 0.717) is 6.04 Å². The fraction of sp³-hybridized carbons (Fsp3) is 0.625. The van der Waals surface area contributed by atoms with Crippen LogP contribution in [0.25, 0.3) is 0 Å². The first-order valence-electron chi connectivity index (χ1n) is 7.23. The summed E-state index contributed by atoms with van der Waals surface area (Å²) in [6.45, 7) is 2.30. The number of benzene rings is 1. The van der Waals surface area contributed by atoms with Crippen LogP contribution in [0.2, 0.25) is 0 Å². The van der Waals surface area contributed by atoms with Gasteiger partial charge in [0.1, 0.15) is 0 Å². The van der Waals surface area contributed by atoms with Gasteiger partial charge >= 0.3 is 0 Å². The van der Waals surface area contributed by atoms with E-state index < -0.39 is 0 Å². The molecule has 1 aromatic rings. The summed E-state index contributed by atoms with van der Waals surface area (Å²) < 4.78 is 0. The monoisotopic (exact) mass is 247 g/mol. The minimum atomic E-state index is 0.0919. The van der Waals surface area contributed by atoms with Crippen LogP contribution in [0.15, 0.2) is 24.3 Å². The van der Waals surface area contributed by atoms with Gasteiger partial charge in [-0.1, -0.05) is 49.9 Å².